The van der Waals surface area contributed by atoms with Crippen molar-refractivity contribution in [3.05, 3.63) is 28.1 Å². The van der Waals surface area contributed by atoms with Gasteiger partial charge in [0.1, 0.15) is 16.4 Å². The topological polar surface area (TPSA) is 94.9 Å². The van der Waals surface area contributed by atoms with Crippen molar-refractivity contribution in [1.82, 2.24) is 10.3 Å². The molecule has 3 heterocycles. The van der Waals surface area contributed by atoms with Gasteiger partial charge in [0, 0.05) is 35.1 Å². The molecule has 1 aromatic carbocycles. The fraction of sp³-hybridized carbons (Fsp3) is 0.545. The highest BCUT2D eigenvalue weighted by Gasteiger charge is 2.41. The number of aromatic nitrogens is 1. The molecule has 0 unspecified atom stereocenters. The van der Waals surface area contributed by atoms with Crippen molar-refractivity contribution in [2.75, 3.05) is 18.0 Å². The van der Waals surface area contributed by atoms with Gasteiger partial charge in [-0.05, 0) is 58.1 Å². The van der Waals surface area contributed by atoms with Gasteiger partial charge in [0.05, 0.1) is 17.5 Å². The smallest absolute Gasteiger partial charge is 0.412 e. The molecule has 160 valence electrons. The quantitative estimate of drug-likeness (QED) is 0.685. The van der Waals surface area contributed by atoms with Crippen LogP contribution in [0.3, 0.4) is 0 Å². The molecule has 2 aliphatic heterocycles. The van der Waals surface area contributed by atoms with Gasteiger partial charge >= 0.3 is 6.09 Å². The van der Waals surface area contributed by atoms with Gasteiger partial charge in [-0.1, -0.05) is 0 Å². The Morgan fingerprint density at radius 3 is 2.70 bits per heavy atom. The average molecular weight is 430 g/mol. The third-order valence-electron chi connectivity index (χ3n) is 6.61. The molecule has 8 heteroatoms. The Kier molecular flexibility index (Phi) is 4.57. The van der Waals surface area contributed by atoms with Crippen molar-refractivity contribution in [2.45, 2.75) is 63.2 Å². The van der Waals surface area contributed by atoms with Crippen molar-refractivity contribution in [3.63, 3.8) is 0 Å². The number of carboxylic acid groups (broad SMARTS) is 1. The van der Waals surface area contributed by atoms with Crippen LogP contribution in [0.5, 0.6) is 5.75 Å². The van der Waals surface area contributed by atoms with Gasteiger partial charge in [0.15, 0.2) is 0 Å². The Morgan fingerprint density at radius 1 is 1.33 bits per heavy atom. The number of ether oxygens (including phenoxy) is 1. The lowest BCUT2D eigenvalue weighted by Gasteiger charge is -2.42. The van der Waals surface area contributed by atoms with Crippen LogP contribution < -0.4 is 15.0 Å². The molecule has 1 aliphatic carbocycles. The summed E-state index contributed by atoms with van der Waals surface area (Å²) in [5.74, 6) is 0.759. The number of hydrogen-bond donors (Lipinski definition) is 3. The highest BCUT2D eigenvalue weighted by atomic mass is 32.1. The first-order valence-electron chi connectivity index (χ1n) is 10.5. The molecule has 30 heavy (non-hydrogen) atoms. The lowest BCUT2D eigenvalue weighted by atomic mass is 9.85. The summed E-state index contributed by atoms with van der Waals surface area (Å²) in [7, 11) is 0. The summed E-state index contributed by atoms with van der Waals surface area (Å²) in [5, 5.41) is 26.3. The van der Waals surface area contributed by atoms with Crippen LogP contribution in [-0.4, -0.2) is 46.0 Å². The van der Waals surface area contributed by atoms with Crippen molar-refractivity contribution < 1.29 is 19.7 Å². The number of β-amino-alcohol motifs (C(OH)–C–C–N with tert-alkyl or cyclic N) is 1. The number of nitrogens with zero attached hydrogens (tertiary/aromatic N) is 2. The molecule has 7 nitrogen and oxygen atoms in total. The highest BCUT2D eigenvalue weighted by Crippen LogP contribution is 2.47. The number of fused-ring (bicyclic) bond motifs is 1. The maximum absolute atomic E-state index is 12.1. The Balaban J connectivity index is 1.61. The Labute approximate surface area is 179 Å². The predicted octanol–water partition coefficient (Wildman–Crippen LogP) is 3.74. The van der Waals surface area contributed by atoms with Crippen LogP contribution in [0.25, 0.3) is 11.3 Å². The second-order valence-corrected chi connectivity index (χ2v) is 10.1. The highest BCUT2D eigenvalue weighted by molar-refractivity contribution is 7.10. The number of thiazole rings is 1. The number of benzene rings is 1. The van der Waals surface area contributed by atoms with E-state index in [1.807, 2.05) is 31.4 Å². The number of rotatable bonds is 4. The lowest BCUT2D eigenvalue weighted by Crippen LogP contribution is -2.56. The van der Waals surface area contributed by atoms with Crippen LogP contribution in [-0.2, 0) is 12.0 Å². The molecular weight excluding hydrogens is 402 g/mol. The standard InChI is InChI=1S/C22H27N3O4S/c1-21(2)9-8-15-17(25(21)20(26)27)7-6-14(18(15)29-13-4-3-5-13)16-10-30-19(24-16)22(28)11-23-12-22/h6-7,10,13,23,28H,3-5,8-9,11-12H2,1-2H3,(H,26,27). The lowest BCUT2D eigenvalue weighted by molar-refractivity contribution is -0.0147. The van der Waals surface area contributed by atoms with E-state index < -0.39 is 17.2 Å². The minimum absolute atomic E-state index is 0.168. The minimum atomic E-state index is -0.945. The Bertz CT molecular complexity index is 994. The minimum Gasteiger partial charge on any atom is -0.489 e. The maximum atomic E-state index is 12.1. The maximum Gasteiger partial charge on any atom is 0.412 e. The second-order valence-electron chi connectivity index (χ2n) is 9.21. The molecular formula is C22H27N3O4S. The molecule has 0 spiro atoms. The molecule has 1 amide bonds. The van der Waals surface area contributed by atoms with E-state index in [2.05, 4.69) is 5.32 Å². The van der Waals surface area contributed by atoms with Gasteiger partial charge in [-0.2, -0.15) is 0 Å². The van der Waals surface area contributed by atoms with Gasteiger partial charge < -0.3 is 20.3 Å². The molecule has 0 radical (unpaired) electrons. The number of nitrogens with one attached hydrogen (secondary N) is 1. The van der Waals surface area contributed by atoms with E-state index in [4.69, 9.17) is 9.72 Å². The van der Waals surface area contributed by atoms with Crippen molar-refractivity contribution >= 4 is 23.1 Å². The van der Waals surface area contributed by atoms with Crippen molar-refractivity contribution in [3.8, 4) is 17.0 Å². The van der Waals surface area contributed by atoms with Crippen LogP contribution in [0, 0.1) is 0 Å². The van der Waals surface area contributed by atoms with Gasteiger partial charge in [-0.15, -0.1) is 11.3 Å². The van der Waals surface area contributed by atoms with Crippen LogP contribution >= 0.6 is 11.3 Å². The summed E-state index contributed by atoms with van der Waals surface area (Å²) in [4.78, 5) is 18.3. The second kappa shape index (κ2) is 6.93. The SMILES string of the molecule is CC1(C)CCc2c(ccc(-c3csc(C4(O)CNC4)n3)c2OC2CCC2)N1C(=O)O. The molecule has 1 saturated carbocycles. The molecule has 2 fully saturated rings. The van der Waals surface area contributed by atoms with Crippen LogP contribution in [0.2, 0.25) is 0 Å². The summed E-state index contributed by atoms with van der Waals surface area (Å²) in [5.41, 5.74) is 1.94. The molecule has 0 atom stereocenters. The van der Waals surface area contributed by atoms with E-state index in [1.165, 1.54) is 16.2 Å². The van der Waals surface area contributed by atoms with Crippen LogP contribution in [0.1, 0.15) is 50.1 Å². The third-order valence-corrected chi connectivity index (χ3v) is 7.65. The number of amides is 1. The molecule has 1 aromatic heterocycles. The largest absolute Gasteiger partial charge is 0.489 e. The number of hydrogen-bond acceptors (Lipinski definition) is 6. The van der Waals surface area contributed by atoms with E-state index in [9.17, 15) is 15.0 Å². The molecule has 1 saturated heterocycles. The fourth-order valence-electron chi connectivity index (χ4n) is 4.42. The zero-order chi connectivity index (χ0) is 21.1. The summed E-state index contributed by atoms with van der Waals surface area (Å²) in [6, 6.07) is 3.80. The van der Waals surface area contributed by atoms with E-state index in [0.29, 0.717) is 23.8 Å². The van der Waals surface area contributed by atoms with Gasteiger partial charge in [-0.3, -0.25) is 4.90 Å². The number of aliphatic hydroxyl groups is 1. The van der Waals surface area contributed by atoms with Crippen molar-refractivity contribution in [2.24, 2.45) is 0 Å². The fourth-order valence-corrected chi connectivity index (χ4v) is 5.33. The molecule has 3 aliphatic rings. The Hall–Kier alpha value is -2.16. The number of carbonyl (C=O) groups is 1. The van der Waals surface area contributed by atoms with Crippen molar-refractivity contribution in [1.29, 1.82) is 0 Å². The zero-order valence-electron chi connectivity index (χ0n) is 17.3. The normalized spacial score (nSPS) is 22.0. The van der Waals surface area contributed by atoms with E-state index in [-0.39, 0.29) is 6.10 Å². The molecule has 2 aromatic rings. The summed E-state index contributed by atoms with van der Waals surface area (Å²) < 4.78 is 6.44. The summed E-state index contributed by atoms with van der Waals surface area (Å²) in [6.45, 7) is 4.95. The number of anilines is 1. The first-order valence-corrected chi connectivity index (χ1v) is 11.4. The van der Waals surface area contributed by atoms with Gasteiger partial charge in [-0.25, -0.2) is 9.78 Å². The first-order chi connectivity index (χ1) is 14.3. The van der Waals surface area contributed by atoms with E-state index in [1.54, 1.807) is 0 Å². The zero-order valence-corrected chi connectivity index (χ0v) is 18.1. The van der Waals surface area contributed by atoms with Gasteiger partial charge in [0.25, 0.3) is 0 Å². The van der Waals surface area contributed by atoms with E-state index >= 15 is 0 Å². The van der Waals surface area contributed by atoms with Gasteiger partial charge in [0.2, 0.25) is 0 Å². The monoisotopic (exact) mass is 429 g/mol. The Morgan fingerprint density at radius 2 is 2.10 bits per heavy atom. The van der Waals surface area contributed by atoms with Crippen LogP contribution in [0.15, 0.2) is 17.5 Å². The summed E-state index contributed by atoms with van der Waals surface area (Å²) in [6.07, 6.45) is 3.90. The molecule has 0 bridgehead atoms. The molecule has 5 rings (SSSR count). The van der Waals surface area contributed by atoms with E-state index in [0.717, 1.165) is 54.7 Å². The van der Waals surface area contributed by atoms with Crippen LogP contribution in [0.4, 0.5) is 10.5 Å². The average Bonchev–Trinajstić information content (AvgIpc) is 3.11. The third kappa shape index (κ3) is 3.09. The summed E-state index contributed by atoms with van der Waals surface area (Å²) >= 11 is 1.46. The molecule has 3 N–H and O–H groups in total. The first kappa shape index (κ1) is 19.8. The predicted molar refractivity (Wildman–Crippen MR) is 115 cm³/mol.